The molecule has 0 fully saturated rings. The topological polar surface area (TPSA) is 131 Å². The predicted octanol–water partition coefficient (Wildman–Crippen LogP) is 2.76. The number of benzene rings is 1. The van der Waals surface area contributed by atoms with E-state index < -0.39 is 23.8 Å². The second kappa shape index (κ2) is 11.2. The minimum absolute atomic E-state index is 0.0271. The fraction of sp³-hybridized carbons (Fsp3) is 0.316. The molecule has 0 radical (unpaired) electrons. The number of aromatic hydroxyl groups is 1. The van der Waals surface area contributed by atoms with Gasteiger partial charge in [0, 0.05) is 22.5 Å². The number of amides is 2. The molecule has 0 aliphatic heterocycles. The third-order valence-corrected chi connectivity index (χ3v) is 5.36. The molecule has 0 aliphatic rings. The second-order valence-corrected chi connectivity index (χ2v) is 7.74. The maximum Gasteiger partial charge on any atom is 0.308 e. The molecule has 1 aromatic carbocycles. The first kappa shape index (κ1) is 23.9. The number of hydrogen-bond acceptors (Lipinski definition) is 7. The summed E-state index contributed by atoms with van der Waals surface area (Å²) >= 11 is 13.3. The van der Waals surface area contributed by atoms with Crippen molar-refractivity contribution in [2.24, 2.45) is 5.73 Å². The Balaban J connectivity index is 2.12. The molecule has 1 atom stereocenters. The summed E-state index contributed by atoms with van der Waals surface area (Å²) in [4.78, 5) is 36.7. The number of esters is 1. The van der Waals surface area contributed by atoms with E-state index >= 15 is 0 Å². The Hall–Kier alpha value is -2.33. The summed E-state index contributed by atoms with van der Waals surface area (Å²) < 4.78 is 4.93. The van der Waals surface area contributed by atoms with Gasteiger partial charge in [0.25, 0.3) is 5.91 Å². The number of phenolic OH excluding ortho intramolecular Hbond substituents is 1. The third kappa shape index (κ3) is 6.33. The van der Waals surface area contributed by atoms with Crippen molar-refractivity contribution < 1.29 is 24.2 Å². The molecule has 11 heteroatoms. The van der Waals surface area contributed by atoms with Gasteiger partial charge in [0.15, 0.2) is 0 Å². The zero-order chi connectivity index (χ0) is 22.3. The molecule has 30 heavy (non-hydrogen) atoms. The zero-order valence-corrected chi connectivity index (χ0v) is 18.4. The van der Waals surface area contributed by atoms with Crippen LogP contribution in [0.5, 0.6) is 5.75 Å². The molecule has 2 amide bonds. The first-order chi connectivity index (χ1) is 14.3. The van der Waals surface area contributed by atoms with Crippen molar-refractivity contribution >= 4 is 52.3 Å². The van der Waals surface area contributed by atoms with Crippen LogP contribution in [-0.4, -0.2) is 36.0 Å². The molecular weight excluding hydrogens is 453 g/mol. The van der Waals surface area contributed by atoms with Gasteiger partial charge < -0.3 is 26.2 Å². The maximum absolute atomic E-state index is 12.4. The van der Waals surface area contributed by atoms with E-state index in [1.807, 2.05) is 0 Å². The van der Waals surface area contributed by atoms with Crippen LogP contribution in [0.4, 0.5) is 0 Å². The molecule has 8 nitrogen and oxygen atoms in total. The van der Waals surface area contributed by atoms with Gasteiger partial charge in [0.1, 0.15) is 5.75 Å². The maximum atomic E-state index is 12.4. The molecule has 162 valence electrons. The number of thiophene rings is 1. The molecule has 1 heterocycles. The molecule has 1 aromatic heterocycles. The Morgan fingerprint density at radius 3 is 2.67 bits per heavy atom. The lowest BCUT2D eigenvalue weighted by Crippen LogP contribution is -2.39. The quantitative estimate of drug-likeness (QED) is 0.414. The molecule has 0 bridgehead atoms. The Morgan fingerprint density at radius 2 is 2.00 bits per heavy atom. The van der Waals surface area contributed by atoms with E-state index in [9.17, 15) is 19.5 Å². The summed E-state index contributed by atoms with van der Waals surface area (Å²) in [5, 5.41) is 19.0. The van der Waals surface area contributed by atoms with Crippen molar-refractivity contribution in [3.8, 4) is 5.75 Å². The third-order valence-electron chi connectivity index (χ3n) is 4.06. The van der Waals surface area contributed by atoms with Crippen molar-refractivity contribution in [3.63, 3.8) is 0 Å². The Morgan fingerprint density at radius 1 is 1.27 bits per heavy atom. The van der Waals surface area contributed by atoms with E-state index in [0.29, 0.717) is 11.1 Å². The predicted molar refractivity (Wildman–Crippen MR) is 115 cm³/mol. The van der Waals surface area contributed by atoms with Gasteiger partial charge in [0.05, 0.1) is 36.2 Å². The largest absolute Gasteiger partial charge is 0.506 e. The summed E-state index contributed by atoms with van der Waals surface area (Å²) in [5.74, 6) is -1.93. The SMILES string of the molecule is CCOC(=O)CC(NC(=O)CNC(=O)c1cscc1CN)c1cc(Cl)cc(Cl)c1O. The van der Waals surface area contributed by atoms with E-state index in [1.54, 1.807) is 17.7 Å². The number of hydrogen-bond donors (Lipinski definition) is 4. The van der Waals surface area contributed by atoms with Crippen molar-refractivity contribution in [3.05, 3.63) is 49.6 Å². The van der Waals surface area contributed by atoms with Crippen LogP contribution in [0, 0.1) is 0 Å². The number of ether oxygens (including phenoxy) is 1. The average Bonchev–Trinajstić information content (AvgIpc) is 3.17. The van der Waals surface area contributed by atoms with Crippen LogP contribution < -0.4 is 16.4 Å². The van der Waals surface area contributed by atoms with Gasteiger partial charge in [-0.3, -0.25) is 14.4 Å². The Labute approximate surface area is 187 Å². The number of nitrogens with two attached hydrogens (primary N) is 1. The van der Waals surface area contributed by atoms with Crippen LogP contribution >= 0.6 is 34.5 Å². The molecule has 1 unspecified atom stereocenters. The number of rotatable bonds is 9. The second-order valence-electron chi connectivity index (χ2n) is 6.15. The van der Waals surface area contributed by atoms with Crippen molar-refractivity contribution in [2.45, 2.75) is 25.9 Å². The lowest BCUT2D eigenvalue weighted by molar-refractivity contribution is -0.143. The lowest BCUT2D eigenvalue weighted by Gasteiger charge is -2.20. The highest BCUT2D eigenvalue weighted by Gasteiger charge is 2.24. The van der Waals surface area contributed by atoms with Crippen LogP contribution in [0.1, 0.15) is 40.9 Å². The Bertz CT molecular complexity index is 935. The van der Waals surface area contributed by atoms with Gasteiger partial charge in [-0.25, -0.2) is 0 Å². The average molecular weight is 474 g/mol. The zero-order valence-electron chi connectivity index (χ0n) is 16.0. The summed E-state index contributed by atoms with van der Waals surface area (Å²) in [7, 11) is 0. The van der Waals surface area contributed by atoms with Gasteiger partial charge in [0.2, 0.25) is 5.91 Å². The number of carbonyl (C=O) groups excluding carboxylic acids is 3. The standard InChI is InChI=1S/C19H21Cl2N3O5S/c1-2-29-17(26)5-15(12-3-11(20)4-14(21)18(12)27)24-16(25)7-23-19(28)13-9-30-8-10(13)6-22/h3-4,8-9,15,27H,2,5-7,22H2,1H3,(H,23,28)(H,24,25). The van der Waals surface area contributed by atoms with E-state index in [-0.39, 0.29) is 47.5 Å². The van der Waals surface area contributed by atoms with E-state index in [0.717, 1.165) is 0 Å². The van der Waals surface area contributed by atoms with E-state index in [1.165, 1.54) is 23.5 Å². The van der Waals surface area contributed by atoms with Crippen LogP contribution in [0.25, 0.3) is 0 Å². The molecular formula is C19H21Cl2N3O5S. The highest BCUT2D eigenvalue weighted by atomic mass is 35.5. The van der Waals surface area contributed by atoms with Gasteiger partial charge in [-0.1, -0.05) is 23.2 Å². The lowest BCUT2D eigenvalue weighted by atomic mass is 10.0. The minimum Gasteiger partial charge on any atom is -0.506 e. The summed E-state index contributed by atoms with van der Waals surface area (Å²) in [6.07, 6.45) is -0.264. The highest BCUT2D eigenvalue weighted by molar-refractivity contribution is 7.08. The van der Waals surface area contributed by atoms with Crippen LogP contribution in [0.3, 0.4) is 0 Å². The van der Waals surface area contributed by atoms with Gasteiger partial charge in [-0.05, 0) is 30.0 Å². The number of halogens is 2. The highest BCUT2D eigenvalue weighted by Crippen LogP contribution is 2.36. The minimum atomic E-state index is -0.967. The monoisotopic (exact) mass is 473 g/mol. The Kier molecular flexibility index (Phi) is 8.91. The van der Waals surface area contributed by atoms with Crippen molar-refractivity contribution in [2.75, 3.05) is 13.2 Å². The van der Waals surface area contributed by atoms with Crippen molar-refractivity contribution in [1.29, 1.82) is 0 Å². The van der Waals surface area contributed by atoms with Crippen molar-refractivity contribution in [1.82, 2.24) is 10.6 Å². The summed E-state index contributed by atoms with van der Waals surface area (Å²) in [6, 6.07) is 1.76. The normalized spacial score (nSPS) is 11.6. The van der Waals surface area contributed by atoms with Crippen LogP contribution in [0.15, 0.2) is 22.9 Å². The van der Waals surface area contributed by atoms with Crippen LogP contribution in [0.2, 0.25) is 10.0 Å². The van der Waals surface area contributed by atoms with Gasteiger partial charge >= 0.3 is 5.97 Å². The molecule has 0 saturated heterocycles. The fourth-order valence-corrected chi connectivity index (χ4v) is 4.02. The summed E-state index contributed by atoms with van der Waals surface area (Å²) in [5.41, 5.74) is 6.82. The smallest absolute Gasteiger partial charge is 0.308 e. The molecule has 5 N–H and O–H groups in total. The molecule has 0 aliphatic carbocycles. The number of nitrogens with one attached hydrogen (secondary N) is 2. The molecule has 0 saturated carbocycles. The number of phenols is 1. The number of carbonyl (C=O) groups is 3. The molecule has 0 spiro atoms. The fourth-order valence-electron chi connectivity index (χ4n) is 2.66. The van der Waals surface area contributed by atoms with Gasteiger partial charge in [-0.15, -0.1) is 0 Å². The summed E-state index contributed by atoms with van der Waals surface area (Å²) in [6.45, 7) is 1.65. The first-order valence-corrected chi connectivity index (χ1v) is 10.6. The van der Waals surface area contributed by atoms with E-state index in [2.05, 4.69) is 10.6 Å². The molecule has 2 rings (SSSR count). The first-order valence-electron chi connectivity index (χ1n) is 8.93. The van der Waals surface area contributed by atoms with Crippen LogP contribution in [-0.2, 0) is 20.9 Å². The molecule has 2 aromatic rings. The van der Waals surface area contributed by atoms with Gasteiger partial charge in [-0.2, -0.15) is 11.3 Å². The van der Waals surface area contributed by atoms with E-state index in [4.69, 9.17) is 33.7 Å².